The molecule has 0 bridgehead atoms. The first-order valence-electron chi connectivity index (χ1n) is 8.71. The van der Waals surface area contributed by atoms with Gasteiger partial charge in [-0.15, -0.1) is 0 Å². The predicted octanol–water partition coefficient (Wildman–Crippen LogP) is -0.649. The maximum atomic E-state index is 12.3. The zero-order valence-corrected chi connectivity index (χ0v) is 15.4. The molecule has 2 amide bonds. The number of carbonyl (C=O) groups is 3. The zero-order chi connectivity index (χ0) is 21.4. The number of hydrogen-bond acceptors (Lipinski definition) is 7. The summed E-state index contributed by atoms with van der Waals surface area (Å²) in [7, 11) is -1.89. The lowest BCUT2D eigenvalue weighted by atomic mass is 9.75. The molecule has 1 unspecified atom stereocenters. The van der Waals surface area contributed by atoms with Crippen LogP contribution in [0.3, 0.4) is 0 Å². The fourth-order valence-corrected chi connectivity index (χ4v) is 2.68. The first-order valence-corrected chi connectivity index (χ1v) is 8.71. The molecule has 9 nitrogen and oxygen atoms in total. The Morgan fingerprint density at radius 2 is 1.93 bits per heavy atom. The third-order valence-corrected chi connectivity index (χ3v) is 4.07. The molecule has 0 saturated heterocycles. The number of nitrogens with one attached hydrogen (secondary N) is 1. The average Bonchev–Trinajstić information content (AvgIpc) is 2.67. The number of aldehydes is 1. The Hall–Kier alpha value is -3.37. The Morgan fingerprint density at radius 3 is 2.59 bits per heavy atom. The van der Waals surface area contributed by atoms with Crippen molar-refractivity contribution in [3.8, 4) is 11.5 Å². The summed E-state index contributed by atoms with van der Waals surface area (Å²) in [5.41, 5.74) is 5.94. The Kier molecular flexibility index (Phi) is 7.75. The second kappa shape index (κ2) is 10.3. The van der Waals surface area contributed by atoms with Gasteiger partial charge >= 0.3 is 7.12 Å². The second-order valence-electron chi connectivity index (χ2n) is 6.34. The molecule has 0 radical (unpaired) electrons. The van der Waals surface area contributed by atoms with Crippen molar-refractivity contribution in [3.05, 3.63) is 59.2 Å². The van der Waals surface area contributed by atoms with Gasteiger partial charge in [0.05, 0.1) is 17.9 Å². The number of phenols is 1. The summed E-state index contributed by atoms with van der Waals surface area (Å²) in [6.07, 6.45) is 0.297. The number of phenolic OH excluding ortho intramolecular Hbond substituents is 1. The molecule has 10 heteroatoms. The van der Waals surface area contributed by atoms with E-state index < -0.39 is 24.9 Å². The van der Waals surface area contributed by atoms with Crippen molar-refractivity contribution in [3.63, 3.8) is 0 Å². The van der Waals surface area contributed by atoms with Crippen LogP contribution in [0.2, 0.25) is 0 Å². The van der Waals surface area contributed by atoms with Gasteiger partial charge < -0.3 is 30.9 Å². The van der Waals surface area contributed by atoms with Gasteiger partial charge in [-0.05, 0) is 35.7 Å². The smallest absolute Gasteiger partial charge is 0.475 e. The normalized spacial score (nSPS) is 11.4. The van der Waals surface area contributed by atoms with Crippen LogP contribution < -0.4 is 15.8 Å². The van der Waals surface area contributed by atoms with E-state index in [2.05, 4.69) is 5.32 Å². The molecule has 6 N–H and O–H groups in total. The number of nitrogens with two attached hydrogens (primary N) is 1. The van der Waals surface area contributed by atoms with Crippen LogP contribution in [-0.2, 0) is 22.4 Å². The van der Waals surface area contributed by atoms with Gasteiger partial charge in [0.15, 0.2) is 12.9 Å². The van der Waals surface area contributed by atoms with Crippen LogP contribution in [-0.4, -0.2) is 52.9 Å². The Balaban J connectivity index is 2.04. The summed E-state index contributed by atoms with van der Waals surface area (Å²) < 4.78 is 5.18. The summed E-state index contributed by atoms with van der Waals surface area (Å²) in [6.45, 7) is -0.294. The molecular formula is C19H21BN2O7. The highest BCUT2D eigenvalue weighted by Crippen LogP contribution is 2.22. The van der Waals surface area contributed by atoms with Gasteiger partial charge in [0.25, 0.3) is 5.91 Å². The van der Waals surface area contributed by atoms with Crippen LogP contribution in [0.4, 0.5) is 0 Å². The third kappa shape index (κ3) is 6.63. The van der Waals surface area contributed by atoms with Gasteiger partial charge in [0.2, 0.25) is 5.91 Å². The molecule has 0 heterocycles. The SMILES string of the molecule is NC(=O)COc1cccc(CC(=O)NC(Cc2cccc(C=O)c2O)B(O)O)c1. The predicted molar refractivity (Wildman–Crippen MR) is 104 cm³/mol. The van der Waals surface area contributed by atoms with Crippen LogP contribution in [0.5, 0.6) is 11.5 Å². The molecule has 2 aromatic rings. The Morgan fingerprint density at radius 1 is 1.21 bits per heavy atom. The van der Waals surface area contributed by atoms with E-state index in [1.807, 2.05) is 0 Å². The van der Waals surface area contributed by atoms with E-state index in [0.717, 1.165) is 0 Å². The van der Waals surface area contributed by atoms with E-state index >= 15 is 0 Å². The number of rotatable bonds is 10. The molecule has 0 spiro atoms. The van der Waals surface area contributed by atoms with E-state index in [0.29, 0.717) is 17.6 Å². The number of hydrogen-bond donors (Lipinski definition) is 5. The molecule has 0 aliphatic carbocycles. The van der Waals surface area contributed by atoms with Gasteiger partial charge in [-0.1, -0.05) is 24.3 Å². The molecule has 2 rings (SSSR count). The maximum absolute atomic E-state index is 12.3. The highest BCUT2D eigenvalue weighted by Gasteiger charge is 2.27. The number of carbonyl (C=O) groups excluding carboxylic acids is 3. The lowest BCUT2D eigenvalue weighted by Gasteiger charge is -2.19. The highest BCUT2D eigenvalue weighted by molar-refractivity contribution is 6.43. The highest BCUT2D eigenvalue weighted by atomic mass is 16.5. The monoisotopic (exact) mass is 400 g/mol. The first-order chi connectivity index (χ1) is 13.8. The fraction of sp³-hybridized carbons (Fsp3) is 0.211. The van der Waals surface area contributed by atoms with Crippen molar-refractivity contribution in [2.24, 2.45) is 5.73 Å². The largest absolute Gasteiger partial charge is 0.507 e. The lowest BCUT2D eigenvalue weighted by molar-refractivity contribution is -0.121. The van der Waals surface area contributed by atoms with E-state index in [1.54, 1.807) is 30.3 Å². The van der Waals surface area contributed by atoms with Crippen LogP contribution in [0, 0.1) is 0 Å². The molecular weight excluding hydrogens is 379 g/mol. The molecule has 0 saturated carbocycles. The van der Waals surface area contributed by atoms with Crippen molar-refractivity contribution in [1.82, 2.24) is 5.32 Å². The van der Waals surface area contributed by atoms with Gasteiger partial charge in [0, 0.05) is 0 Å². The molecule has 1 atom stereocenters. The van der Waals surface area contributed by atoms with E-state index in [4.69, 9.17) is 10.5 Å². The molecule has 152 valence electrons. The molecule has 0 aliphatic rings. The first kappa shape index (κ1) is 21.9. The Bertz CT molecular complexity index is 889. The number of benzene rings is 2. The van der Waals surface area contributed by atoms with Crippen LogP contribution in [0.15, 0.2) is 42.5 Å². The van der Waals surface area contributed by atoms with Crippen LogP contribution >= 0.6 is 0 Å². The van der Waals surface area contributed by atoms with Crippen molar-refractivity contribution in [2.45, 2.75) is 18.8 Å². The van der Waals surface area contributed by atoms with Crippen molar-refractivity contribution in [2.75, 3.05) is 6.61 Å². The standard InChI is InChI=1S/C19H21BN2O7/c21-17(24)11-29-15-6-1-3-12(7-15)8-18(25)22-16(20(27)28)9-13-4-2-5-14(10-23)19(13)26/h1-7,10,16,26-28H,8-9,11H2,(H2,21,24)(H,22,25). The van der Waals surface area contributed by atoms with Crippen LogP contribution in [0.25, 0.3) is 0 Å². The molecule has 0 aromatic heterocycles. The molecule has 0 aliphatic heterocycles. The van der Waals surface area contributed by atoms with Gasteiger partial charge in [-0.2, -0.15) is 0 Å². The summed E-state index contributed by atoms with van der Waals surface area (Å²) in [6, 6.07) is 10.9. The van der Waals surface area contributed by atoms with Crippen molar-refractivity contribution < 1.29 is 34.3 Å². The fourth-order valence-electron chi connectivity index (χ4n) is 2.68. The molecule has 0 fully saturated rings. The third-order valence-electron chi connectivity index (χ3n) is 4.07. The molecule has 29 heavy (non-hydrogen) atoms. The maximum Gasteiger partial charge on any atom is 0.475 e. The summed E-state index contributed by atoms with van der Waals surface area (Å²) in [5.74, 6) is -2.15. The minimum Gasteiger partial charge on any atom is -0.507 e. The van der Waals surface area contributed by atoms with Gasteiger partial charge in [0.1, 0.15) is 11.5 Å². The Labute approximate surface area is 167 Å². The quantitative estimate of drug-likeness (QED) is 0.262. The zero-order valence-electron chi connectivity index (χ0n) is 15.4. The summed E-state index contributed by atoms with van der Waals surface area (Å²) in [5, 5.41) is 31.7. The van der Waals surface area contributed by atoms with Gasteiger partial charge in [-0.25, -0.2) is 0 Å². The minimum atomic E-state index is -1.89. The van der Waals surface area contributed by atoms with Crippen molar-refractivity contribution in [1.29, 1.82) is 0 Å². The number of primary amides is 1. The number of para-hydroxylation sites is 1. The van der Waals surface area contributed by atoms with E-state index in [1.165, 1.54) is 12.1 Å². The number of amides is 2. The van der Waals surface area contributed by atoms with E-state index in [-0.39, 0.29) is 36.3 Å². The lowest BCUT2D eigenvalue weighted by Crippen LogP contribution is -2.48. The second-order valence-corrected chi connectivity index (χ2v) is 6.34. The number of ether oxygens (including phenoxy) is 1. The summed E-state index contributed by atoms with van der Waals surface area (Å²) in [4.78, 5) is 34.0. The van der Waals surface area contributed by atoms with Gasteiger partial charge in [-0.3, -0.25) is 14.4 Å². The van der Waals surface area contributed by atoms with E-state index in [9.17, 15) is 29.5 Å². The summed E-state index contributed by atoms with van der Waals surface area (Å²) >= 11 is 0. The minimum absolute atomic E-state index is 0.0628. The molecule has 2 aromatic carbocycles. The topological polar surface area (TPSA) is 159 Å². The van der Waals surface area contributed by atoms with Crippen LogP contribution in [0.1, 0.15) is 21.5 Å². The average molecular weight is 400 g/mol. The number of aromatic hydroxyl groups is 1. The van der Waals surface area contributed by atoms with Crippen molar-refractivity contribution >= 4 is 25.2 Å².